The van der Waals surface area contributed by atoms with Gasteiger partial charge in [-0.2, -0.15) is 0 Å². The number of pyridine rings is 1. The zero-order chi connectivity index (χ0) is 14.0. The van der Waals surface area contributed by atoms with Crippen molar-refractivity contribution in [2.45, 2.75) is 6.92 Å². The molecule has 0 aliphatic carbocycles. The van der Waals surface area contributed by atoms with Gasteiger partial charge in [0.25, 0.3) is 0 Å². The van der Waals surface area contributed by atoms with Gasteiger partial charge in [0.2, 0.25) is 5.88 Å². The van der Waals surface area contributed by atoms with Crippen molar-refractivity contribution in [2.24, 2.45) is 5.73 Å². The molecule has 0 spiro atoms. The molecule has 0 aliphatic heterocycles. The van der Waals surface area contributed by atoms with Gasteiger partial charge in [0.1, 0.15) is 4.99 Å². The summed E-state index contributed by atoms with van der Waals surface area (Å²) in [6, 6.07) is 7.75. The SMILES string of the molecule is Cc1cc(C(N)=S)cc(Oc2cc(Br)ccc2F)n1. The molecule has 1 heterocycles. The lowest BCUT2D eigenvalue weighted by Gasteiger charge is -2.08. The Morgan fingerprint density at radius 1 is 1.37 bits per heavy atom. The molecule has 0 saturated carbocycles. The van der Waals surface area contributed by atoms with Crippen molar-refractivity contribution in [2.75, 3.05) is 0 Å². The molecule has 2 aromatic rings. The molecule has 19 heavy (non-hydrogen) atoms. The second-order valence-electron chi connectivity index (χ2n) is 3.88. The number of benzene rings is 1. The normalized spacial score (nSPS) is 10.3. The van der Waals surface area contributed by atoms with E-state index >= 15 is 0 Å². The van der Waals surface area contributed by atoms with Gasteiger partial charge in [-0.05, 0) is 31.2 Å². The fraction of sp³-hybridized carbons (Fsp3) is 0.0769. The summed E-state index contributed by atoms with van der Waals surface area (Å²) < 4.78 is 19.7. The fourth-order valence-corrected chi connectivity index (χ4v) is 1.96. The monoisotopic (exact) mass is 340 g/mol. The standard InChI is InChI=1S/C13H10BrFN2OS/c1-7-4-8(13(16)19)5-12(17-7)18-11-6-9(14)2-3-10(11)15/h2-6H,1H3,(H2,16,19). The number of ether oxygens (including phenoxy) is 1. The predicted octanol–water partition coefficient (Wildman–Crippen LogP) is 3.72. The second kappa shape index (κ2) is 5.63. The minimum Gasteiger partial charge on any atom is -0.436 e. The molecular weight excluding hydrogens is 331 g/mol. The van der Waals surface area contributed by atoms with E-state index in [-0.39, 0.29) is 16.6 Å². The Morgan fingerprint density at radius 3 is 2.79 bits per heavy atom. The molecule has 2 N–H and O–H groups in total. The zero-order valence-corrected chi connectivity index (χ0v) is 12.4. The van der Waals surface area contributed by atoms with Crippen LogP contribution < -0.4 is 10.5 Å². The van der Waals surface area contributed by atoms with Crippen molar-refractivity contribution in [3.05, 3.63) is 51.9 Å². The molecule has 0 saturated heterocycles. The van der Waals surface area contributed by atoms with Crippen molar-refractivity contribution >= 4 is 33.1 Å². The van der Waals surface area contributed by atoms with E-state index in [4.69, 9.17) is 22.7 Å². The lowest BCUT2D eigenvalue weighted by molar-refractivity contribution is 0.426. The highest BCUT2D eigenvalue weighted by molar-refractivity contribution is 9.10. The van der Waals surface area contributed by atoms with E-state index in [9.17, 15) is 4.39 Å². The average Bonchev–Trinajstić information content (AvgIpc) is 2.33. The van der Waals surface area contributed by atoms with Gasteiger partial charge in [0.15, 0.2) is 11.6 Å². The average molecular weight is 341 g/mol. The number of halogens is 2. The van der Waals surface area contributed by atoms with Crippen LogP contribution in [0.25, 0.3) is 0 Å². The minimum absolute atomic E-state index is 0.0846. The minimum atomic E-state index is -0.469. The van der Waals surface area contributed by atoms with E-state index in [0.29, 0.717) is 15.7 Å². The van der Waals surface area contributed by atoms with E-state index in [1.54, 1.807) is 25.1 Å². The summed E-state index contributed by atoms with van der Waals surface area (Å²) in [5.41, 5.74) is 6.89. The van der Waals surface area contributed by atoms with E-state index < -0.39 is 5.82 Å². The molecular formula is C13H10BrFN2OS. The number of aromatic nitrogens is 1. The first-order valence-corrected chi connectivity index (χ1v) is 6.57. The third-order valence-corrected chi connectivity index (χ3v) is 3.05. The van der Waals surface area contributed by atoms with Gasteiger partial charge < -0.3 is 10.5 Å². The van der Waals surface area contributed by atoms with Crippen LogP contribution in [0.3, 0.4) is 0 Å². The molecule has 0 bridgehead atoms. The molecule has 0 atom stereocenters. The second-order valence-corrected chi connectivity index (χ2v) is 5.23. The van der Waals surface area contributed by atoms with Crippen LogP contribution in [0.1, 0.15) is 11.3 Å². The van der Waals surface area contributed by atoms with E-state index in [1.165, 1.54) is 12.1 Å². The van der Waals surface area contributed by atoms with Crippen LogP contribution in [0.5, 0.6) is 11.6 Å². The maximum absolute atomic E-state index is 13.6. The maximum Gasteiger partial charge on any atom is 0.220 e. The van der Waals surface area contributed by atoms with Gasteiger partial charge >= 0.3 is 0 Å². The van der Waals surface area contributed by atoms with Crippen LogP contribution in [0, 0.1) is 12.7 Å². The zero-order valence-electron chi connectivity index (χ0n) is 9.98. The van der Waals surface area contributed by atoms with Crippen molar-refractivity contribution in [1.82, 2.24) is 4.98 Å². The molecule has 0 fully saturated rings. The van der Waals surface area contributed by atoms with Gasteiger partial charge in [-0.25, -0.2) is 9.37 Å². The Kier molecular flexibility index (Phi) is 4.11. The van der Waals surface area contributed by atoms with Crippen molar-refractivity contribution in [3.8, 4) is 11.6 Å². The first-order chi connectivity index (χ1) is 8.95. The number of thiocarbonyl (C=S) groups is 1. The Balaban J connectivity index is 2.38. The summed E-state index contributed by atoms with van der Waals surface area (Å²) in [6.07, 6.45) is 0. The number of rotatable bonds is 3. The van der Waals surface area contributed by atoms with Gasteiger partial charge in [0.05, 0.1) is 0 Å². The summed E-state index contributed by atoms with van der Waals surface area (Å²) in [7, 11) is 0. The number of nitrogens with two attached hydrogens (primary N) is 1. The smallest absolute Gasteiger partial charge is 0.220 e. The molecule has 0 radical (unpaired) electrons. The van der Waals surface area contributed by atoms with Crippen LogP contribution in [0.15, 0.2) is 34.8 Å². The molecule has 1 aromatic carbocycles. The Bertz CT molecular complexity index is 649. The molecule has 6 heteroatoms. The van der Waals surface area contributed by atoms with E-state index in [1.807, 2.05) is 0 Å². The largest absolute Gasteiger partial charge is 0.436 e. The summed E-state index contributed by atoms with van der Waals surface area (Å²) >= 11 is 8.16. The molecule has 1 aromatic heterocycles. The third kappa shape index (κ3) is 3.48. The van der Waals surface area contributed by atoms with Crippen LogP contribution in [-0.2, 0) is 0 Å². The summed E-state index contributed by atoms with van der Waals surface area (Å²) in [5, 5.41) is 0. The summed E-state index contributed by atoms with van der Waals surface area (Å²) in [5.74, 6) is -0.135. The summed E-state index contributed by atoms with van der Waals surface area (Å²) in [6.45, 7) is 1.78. The molecule has 98 valence electrons. The lowest BCUT2D eigenvalue weighted by Crippen LogP contribution is -2.10. The first-order valence-electron chi connectivity index (χ1n) is 5.37. The third-order valence-electron chi connectivity index (χ3n) is 2.32. The molecule has 0 amide bonds. The highest BCUT2D eigenvalue weighted by Crippen LogP contribution is 2.27. The fourth-order valence-electron chi connectivity index (χ4n) is 1.50. The lowest BCUT2D eigenvalue weighted by atomic mass is 10.2. The number of hydrogen-bond acceptors (Lipinski definition) is 3. The van der Waals surface area contributed by atoms with Crippen molar-refractivity contribution in [3.63, 3.8) is 0 Å². The topological polar surface area (TPSA) is 48.1 Å². The molecule has 0 unspecified atom stereocenters. The highest BCUT2D eigenvalue weighted by atomic mass is 79.9. The molecule has 3 nitrogen and oxygen atoms in total. The summed E-state index contributed by atoms with van der Waals surface area (Å²) in [4.78, 5) is 4.40. The van der Waals surface area contributed by atoms with Crippen LogP contribution in [-0.4, -0.2) is 9.97 Å². The Morgan fingerprint density at radius 2 is 2.11 bits per heavy atom. The van der Waals surface area contributed by atoms with E-state index in [0.717, 1.165) is 0 Å². The van der Waals surface area contributed by atoms with Gasteiger partial charge in [-0.1, -0.05) is 28.1 Å². The van der Waals surface area contributed by atoms with Crippen molar-refractivity contribution in [1.29, 1.82) is 0 Å². The predicted molar refractivity (Wildman–Crippen MR) is 79.0 cm³/mol. The first kappa shape index (κ1) is 13.9. The van der Waals surface area contributed by atoms with Crippen LogP contribution in [0.2, 0.25) is 0 Å². The van der Waals surface area contributed by atoms with Crippen LogP contribution >= 0.6 is 28.1 Å². The maximum atomic E-state index is 13.6. The quantitative estimate of drug-likeness (QED) is 0.865. The Hall–Kier alpha value is -1.53. The van der Waals surface area contributed by atoms with Gasteiger partial charge in [-0.3, -0.25) is 0 Å². The molecule has 2 rings (SSSR count). The van der Waals surface area contributed by atoms with Crippen LogP contribution in [0.4, 0.5) is 4.39 Å². The van der Waals surface area contributed by atoms with E-state index in [2.05, 4.69) is 20.9 Å². The van der Waals surface area contributed by atoms with Crippen molar-refractivity contribution < 1.29 is 9.13 Å². The number of hydrogen-bond donors (Lipinski definition) is 1. The van der Waals surface area contributed by atoms with Gasteiger partial charge in [-0.15, -0.1) is 0 Å². The van der Waals surface area contributed by atoms with Gasteiger partial charge in [0, 0.05) is 21.8 Å². The molecule has 0 aliphatic rings. The highest BCUT2D eigenvalue weighted by Gasteiger charge is 2.09. The number of nitrogens with zero attached hydrogens (tertiary/aromatic N) is 1. The Labute approximate surface area is 123 Å². The number of aryl methyl sites for hydroxylation is 1.